The molecule has 1 N–H and O–H groups in total. The lowest BCUT2D eigenvalue weighted by Crippen LogP contribution is -2.54. The molecule has 1 unspecified atom stereocenters. The Morgan fingerprint density at radius 2 is 2.20 bits per heavy atom. The maximum absolute atomic E-state index is 5.98. The van der Waals surface area contributed by atoms with Gasteiger partial charge in [0.05, 0.1) is 5.60 Å². The first-order chi connectivity index (χ1) is 9.65. The number of rotatable bonds is 6. The van der Waals surface area contributed by atoms with E-state index < -0.39 is 0 Å². The molecule has 0 aliphatic heterocycles. The number of hydrogen-bond acceptors (Lipinski definition) is 4. The second-order valence-corrected chi connectivity index (χ2v) is 5.99. The molecule has 1 atom stereocenters. The van der Waals surface area contributed by atoms with E-state index in [1.807, 2.05) is 18.8 Å². The average Bonchev–Trinajstić information content (AvgIpc) is 2.93. The fourth-order valence-corrected chi connectivity index (χ4v) is 3.39. The first-order valence-corrected chi connectivity index (χ1v) is 7.74. The van der Waals surface area contributed by atoms with Crippen LogP contribution in [0.4, 0.5) is 0 Å². The van der Waals surface area contributed by atoms with Crippen LogP contribution in [0.15, 0.2) is 6.33 Å². The van der Waals surface area contributed by atoms with Crippen molar-refractivity contribution in [1.82, 2.24) is 20.1 Å². The minimum atomic E-state index is -0.0637. The Morgan fingerprint density at radius 3 is 2.75 bits per heavy atom. The van der Waals surface area contributed by atoms with Gasteiger partial charge in [-0.2, -0.15) is 5.10 Å². The molecular weight excluding hydrogens is 252 g/mol. The zero-order valence-corrected chi connectivity index (χ0v) is 13.2. The van der Waals surface area contributed by atoms with Crippen LogP contribution in [0.25, 0.3) is 0 Å². The molecule has 1 saturated carbocycles. The van der Waals surface area contributed by atoms with E-state index in [1.165, 1.54) is 12.8 Å². The molecule has 1 aromatic heterocycles. The second kappa shape index (κ2) is 6.68. The number of nitrogens with one attached hydrogen (secondary N) is 1. The standard InChI is InChI=1S/C15H28N4O/c1-5-19-14(17-11-18-19)10-13(16-3)15(20-4)8-6-12(2)7-9-15/h11-13,16H,5-10H2,1-4H3. The van der Waals surface area contributed by atoms with Gasteiger partial charge in [-0.05, 0) is 45.6 Å². The number of ether oxygens (including phenoxy) is 1. The highest BCUT2D eigenvalue weighted by molar-refractivity contribution is 5.01. The van der Waals surface area contributed by atoms with Gasteiger partial charge in [-0.1, -0.05) is 6.92 Å². The van der Waals surface area contributed by atoms with Crippen LogP contribution < -0.4 is 5.32 Å². The molecule has 1 fully saturated rings. The summed E-state index contributed by atoms with van der Waals surface area (Å²) in [5, 5.41) is 7.73. The summed E-state index contributed by atoms with van der Waals surface area (Å²) in [5.41, 5.74) is -0.0637. The minimum Gasteiger partial charge on any atom is -0.377 e. The highest BCUT2D eigenvalue weighted by Gasteiger charge is 2.41. The van der Waals surface area contributed by atoms with Crippen molar-refractivity contribution in [3.8, 4) is 0 Å². The summed E-state index contributed by atoms with van der Waals surface area (Å²) in [4.78, 5) is 4.41. The van der Waals surface area contributed by atoms with Gasteiger partial charge in [-0.25, -0.2) is 4.98 Å². The summed E-state index contributed by atoms with van der Waals surface area (Å²) in [6, 6.07) is 0.287. The van der Waals surface area contributed by atoms with E-state index in [0.29, 0.717) is 0 Å². The molecule has 20 heavy (non-hydrogen) atoms. The SMILES string of the molecule is CCn1ncnc1CC(NC)C1(OC)CCC(C)CC1. The topological polar surface area (TPSA) is 52.0 Å². The van der Waals surface area contributed by atoms with Crippen LogP contribution in [0, 0.1) is 5.92 Å². The Hall–Kier alpha value is -0.940. The predicted octanol–water partition coefficient (Wildman–Crippen LogP) is 2.02. The van der Waals surface area contributed by atoms with E-state index in [0.717, 1.165) is 37.5 Å². The van der Waals surface area contributed by atoms with Crippen LogP contribution >= 0.6 is 0 Å². The lowest BCUT2D eigenvalue weighted by Gasteiger charge is -2.44. The Labute approximate surface area is 122 Å². The van der Waals surface area contributed by atoms with Crippen LogP contribution in [0.5, 0.6) is 0 Å². The molecule has 0 saturated heterocycles. The summed E-state index contributed by atoms with van der Waals surface area (Å²) >= 11 is 0. The van der Waals surface area contributed by atoms with Crippen LogP contribution in [0.2, 0.25) is 0 Å². The van der Waals surface area contributed by atoms with Crippen LogP contribution in [0.3, 0.4) is 0 Å². The fraction of sp³-hybridized carbons (Fsp3) is 0.867. The van der Waals surface area contributed by atoms with E-state index >= 15 is 0 Å². The number of likely N-dealkylation sites (N-methyl/N-ethyl adjacent to an activating group) is 1. The molecule has 0 bridgehead atoms. The smallest absolute Gasteiger partial charge is 0.138 e. The lowest BCUT2D eigenvalue weighted by molar-refractivity contribution is -0.0735. The fourth-order valence-electron chi connectivity index (χ4n) is 3.39. The number of methoxy groups -OCH3 is 1. The van der Waals surface area contributed by atoms with E-state index in [9.17, 15) is 0 Å². The molecule has 0 radical (unpaired) electrons. The van der Waals surface area contributed by atoms with Crippen molar-refractivity contribution in [2.24, 2.45) is 5.92 Å². The zero-order valence-electron chi connectivity index (χ0n) is 13.2. The molecule has 0 aromatic carbocycles. The summed E-state index contributed by atoms with van der Waals surface area (Å²) in [5.74, 6) is 1.86. The quantitative estimate of drug-likeness (QED) is 0.866. The molecule has 1 aliphatic carbocycles. The number of nitrogens with zero attached hydrogens (tertiary/aromatic N) is 3. The van der Waals surface area contributed by atoms with E-state index in [2.05, 4.69) is 29.2 Å². The molecule has 114 valence electrons. The van der Waals surface area contributed by atoms with Crippen LogP contribution in [-0.2, 0) is 17.7 Å². The van der Waals surface area contributed by atoms with Gasteiger partial charge in [0, 0.05) is 26.1 Å². The van der Waals surface area contributed by atoms with E-state index in [4.69, 9.17) is 4.74 Å². The van der Waals surface area contributed by atoms with E-state index in [1.54, 1.807) is 6.33 Å². The number of aryl methyl sites for hydroxylation is 1. The number of hydrogen-bond donors (Lipinski definition) is 1. The third kappa shape index (κ3) is 3.04. The normalized spacial score (nSPS) is 28.5. The third-order valence-corrected chi connectivity index (χ3v) is 4.89. The largest absolute Gasteiger partial charge is 0.377 e. The van der Waals surface area contributed by atoms with Gasteiger partial charge in [0.2, 0.25) is 0 Å². The maximum Gasteiger partial charge on any atom is 0.138 e. The van der Waals surface area contributed by atoms with Gasteiger partial charge in [0.1, 0.15) is 12.2 Å². The van der Waals surface area contributed by atoms with Gasteiger partial charge >= 0.3 is 0 Å². The van der Waals surface area contributed by atoms with Crippen molar-refractivity contribution in [2.45, 2.75) is 64.1 Å². The lowest BCUT2D eigenvalue weighted by atomic mass is 9.74. The van der Waals surface area contributed by atoms with E-state index in [-0.39, 0.29) is 11.6 Å². The molecule has 5 heteroatoms. The molecule has 2 rings (SSSR count). The molecule has 1 heterocycles. The monoisotopic (exact) mass is 280 g/mol. The Bertz CT molecular complexity index is 410. The summed E-state index contributed by atoms with van der Waals surface area (Å²) in [7, 11) is 3.88. The van der Waals surface area contributed by atoms with Crippen molar-refractivity contribution >= 4 is 0 Å². The first-order valence-electron chi connectivity index (χ1n) is 7.74. The third-order valence-electron chi connectivity index (χ3n) is 4.89. The molecular formula is C15H28N4O. The second-order valence-electron chi connectivity index (χ2n) is 5.99. The average molecular weight is 280 g/mol. The van der Waals surface area contributed by atoms with Crippen molar-refractivity contribution in [2.75, 3.05) is 14.2 Å². The Kier molecular flexibility index (Phi) is 5.16. The van der Waals surface area contributed by atoms with Gasteiger partial charge in [-0.3, -0.25) is 4.68 Å². The predicted molar refractivity (Wildman–Crippen MR) is 79.6 cm³/mol. The summed E-state index contributed by atoms with van der Waals surface area (Å²) in [6.45, 7) is 5.30. The molecule has 5 nitrogen and oxygen atoms in total. The van der Waals surface area contributed by atoms with Crippen molar-refractivity contribution in [3.05, 3.63) is 12.2 Å². The molecule has 0 amide bonds. The number of aromatic nitrogens is 3. The Morgan fingerprint density at radius 1 is 1.50 bits per heavy atom. The first kappa shape index (κ1) is 15.4. The molecule has 1 aliphatic rings. The van der Waals surface area contributed by atoms with Crippen LogP contribution in [-0.4, -0.2) is 40.6 Å². The molecule has 0 spiro atoms. The molecule has 1 aromatic rings. The zero-order chi connectivity index (χ0) is 14.6. The van der Waals surface area contributed by atoms with Gasteiger partial charge in [0.25, 0.3) is 0 Å². The van der Waals surface area contributed by atoms with Crippen LogP contribution in [0.1, 0.15) is 45.4 Å². The summed E-state index contributed by atoms with van der Waals surface area (Å²) in [6.07, 6.45) is 7.24. The van der Waals surface area contributed by atoms with Crippen molar-refractivity contribution < 1.29 is 4.74 Å². The van der Waals surface area contributed by atoms with Crippen molar-refractivity contribution in [1.29, 1.82) is 0 Å². The summed E-state index contributed by atoms with van der Waals surface area (Å²) < 4.78 is 7.95. The highest BCUT2D eigenvalue weighted by Crippen LogP contribution is 2.37. The van der Waals surface area contributed by atoms with Gasteiger partial charge < -0.3 is 10.1 Å². The highest BCUT2D eigenvalue weighted by atomic mass is 16.5. The van der Waals surface area contributed by atoms with Gasteiger partial charge in [-0.15, -0.1) is 0 Å². The maximum atomic E-state index is 5.98. The van der Waals surface area contributed by atoms with Gasteiger partial charge in [0.15, 0.2) is 0 Å². The van der Waals surface area contributed by atoms with Crippen molar-refractivity contribution in [3.63, 3.8) is 0 Å². The minimum absolute atomic E-state index is 0.0637. The Balaban J connectivity index is 2.13.